The monoisotopic (exact) mass is 237 g/mol. The third-order valence-electron chi connectivity index (χ3n) is 3.47. The molecule has 1 aliphatic heterocycles. The Morgan fingerprint density at radius 2 is 1.33 bits per heavy atom. The van der Waals surface area contributed by atoms with Gasteiger partial charge in [0.25, 0.3) is 0 Å². The standard InChI is InChI=1S/C16H15NO/c18-15-11-14(17-15)16(12-7-3-1-4-8-12)13-9-5-2-6-10-13/h1-10,14,16H,11H2,(H,17,18). The Labute approximate surface area is 107 Å². The van der Waals surface area contributed by atoms with Crippen molar-refractivity contribution < 1.29 is 4.79 Å². The summed E-state index contributed by atoms with van der Waals surface area (Å²) >= 11 is 0. The normalized spacial score (nSPS) is 18.3. The van der Waals surface area contributed by atoms with Crippen LogP contribution in [-0.4, -0.2) is 11.9 Å². The van der Waals surface area contributed by atoms with E-state index in [4.69, 9.17) is 0 Å². The molecule has 18 heavy (non-hydrogen) atoms. The number of nitrogens with one attached hydrogen (secondary N) is 1. The van der Waals surface area contributed by atoms with Crippen molar-refractivity contribution in [1.82, 2.24) is 5.32 Å². The van der Waals surface area contributed by atoms with Crippen LogP contribution in [0.4, 0.5) is 0 Å². The molecule has 2 aromatic carbocycles. The highest BCUT2D eigenvalue weighted by Gasteiger charge is 2.34. The van der Waals surface area contributed by atoms with Crippen LogP contribution in [-0.2, 0) is 4.79 Å². The van der Waals surface area contributed by atoms with Crippen molar-refractivity contribution in [2.75, 3.05) is 0 Å². The molecule has 2 nitrogen and oxygen atoms in total. The average Bonchev–Trinajstić information content (AvgIpc) is 2.40. The van der Waals surface area contributed by atoms with Gasteiger partial charge in [0.2, 0.25) is 5.91 Å². The van der Waals surface area contributed by atoms with Crippen molar-refractivity contribution in [3.63, 3.8) is 0 Å². The summed E-state index contributed by atoms with van der Waals surface area (Å²) in [6.45, 7) is 0. The van der Waals surface area contributed by atoms with Gasteiger partial charge in [-0.1, -0.05) is 60.7 Å². The van der Waals surface area contributed by atoms with Gasteiger partial charge in [0.15, 0.2) is 0 Å². The fourth-order valence-corrected chi connectivity index (χ4v) is 2.56. The Morgan fingerprint density at radius 1 is 0.889 bits per heavy atom. The second-order valence-electron chi connectivity index (χ2n) is 4.68. The highest BCUT2D eigenvalue weighted by Crippen LogP contribution is 2.32. The third kappa shape index (κ3) is 2.02. The molecule has 1 aliphatic rings. The van der Waals surface area contributed by atoms with Crippen molar-refractivity contribution in [2.45, 2.75) is 18.4 Å². The SMILES string of the molecule is O=C1CC(C(c2ccccc2)c2ccccc2)N1. The van der Waals surface area contributed by atoms with Crippen molar-refractivity contribution in [3.8, 4) is 0 Å². The van der Waals surface area contributed by atoms with E-state index in [1.54, 1.807) is 0 Å². The molecule has 3 rings (SSSR count). The molecule has 2 aromatic rings. The molecular formula is C16H15NO. The van der Waals surface area contributed by atoms with Gasteiger partial charge in [-0.3, -0.25) is 4.79 Å². The zero-order chi connectivity index (χ0) is 12.4. The van der Waals surface area contributed by atoms with Gasteiger partial charge in [-0.2, -0.15) is 0 Å². The smallest absolute Gasteiger partial charge is 0.222 e. The van der Waals surface area contributed by atoms with E-state index in [2.05, 4.69) is 29.6 Å². The summed E-state index contributed by atoms with van der Waals surface area (Å²) in [5, 5.41) is 3.00. The maximum absolute atomic E-state index is 11.2. The zero-order valence-electron chi connectivity index (χ0n) is 10.0. The molecule has 1 amide bonds. The van der Waals surface area contributed by atoms with Crippen LogP contribution in [0.2, 0.25) is 0 Å². The van der Waals surface area contributed by atoms with E-state index in [0.717, 1.165) is 0 Å². The summed E-state index contributed by atoms with van der Waals surface area (Å²) in [4.78, 5) is 11.2. The molecule has 0 bridgehead atoms. The van der Waals surface area contributed by atoms with Crippen LogP contribution in [0.3, 0.4) is 0 Å². The molecule has 0 spiro atoms. The van der Waals surface area contributed by atoms with Crippen LogP contribution in [0, 0.1) is 0 Å². The van der Waals surface area contributed by atoms with Gasteiger partial charge in [-0.25, -0.2) is 0 Å². The van der Waals surface area contributed by atoms with Gasteiger partial charge in [-0.05, 0) is 11.1 Å². The quantitative estimate of drug-likeness (QED) is 0.817. The molecule has 1 atom stereocenters. The molecule has 1 N–H and O–H groups in total. The van der Waals surface area contributed by atoms with Gasteiger partial charge in [-0.15, -0.1) is 0 Å². The molecule has 1 unspecified atom stereocenters. The Bertz CT molecular complexity index is 488. The number of amides is 1. The van der Waals surface area contributed by atoms with Gasteiger partial charge in [0.1, 0.15) is 0 Å². The molecule has 90 valence electrons. The first-order valence-electron chi connectivity index (χ1n) is 6.24. The van der Waals surface area contributed by atoms with E-state index in [0.29, 0.717) is 6.42 Å². The second-order valence-corrected chi connectivity index (χ2v) is 4.68. The predicted molar refractivity (Wildman–Crippen MR) is 71.3 cm³/mol. The van der Waals surface area contributed by atoms with E-state index in [1.165, 1.54) is 11.1 Å². The summed E-state index contributed by atoms with van der Waals surface area (Å²) in [6, 6.07) is 21.0. The van der Waals surface area contributed by atoms with E-state index >= 15 is 0 Å². The molecule has 2 heteroatoms. The Hall–Kier alpha value is -2.09. The van der Waals surface area contributed by atoms with Crippen LogP contribution in [0.25, 0.3) is 0 Å². The number of benzene rings is 2. The van der Waals surface area contributed by atoms with E-state index in [-0.39, 0.29) is 17.9 Å². The molecular weight excluding hydrogens is 222 g/mol. The summed E-state index contributed by atoms with van der Waals surface area (Å²) in [5.41, 5.74) is 2.52. The molecule has 1 fully saturated rings. The second kappa shape index (κ2) is 4.65. The average molecular weight is 237 g/mol. The zero-order valence-corrected chi connectivity index (χ0v) is 10.0. The van der Waals surface area contributed by atoms with Crippen molar-refractivity contribution >= 4 is 5.91 Å². The number of carbonyl (C=O) groups is 1. The fraction of sp³-hybridized carbons (Fsp3) is 0.188. The third-order valence-corrected chi connectivity index (χ3v) is 3.47. The Morgan fingerprint density at radius 3 is 1.72 bits per heavy atom. The van der Waals surface area contributed by atoms with E-state index in [9.17, 15) is 4.79 Å². The van der Waals surface area contributed by atoms with Crippen molar-refractivity contribution in [2.24, 2.45) is 0 Å². The molecule has 0 radical (unpaired) electrons. The lowest BCUT2D eigenvalue weighted by molar-refractivity contribution is -0.128. The number of rotatable bonds is 3. The minimum Gasteiger partial charge on any atom is -0.352 e. The molecule has 0 saturated carbocycles. The molecule has 0 aliphatic carbocycles. The fourth-order valence-electron chi connectivity index (χ4n) is 2.56. The van der Waals surface area contributed by atoms with Crippen LogP contribution in [0.5, 0.6) is 0 Å². The topological polar surface area (TPSA) is 29.1 Å². The maximum atomic E-state index is 11.2. The number of hydrogen-bond acceptors (Lipinski definition) is 1. The summed E-state index contributed by atoms with van der Waals surface area (Å²) in [5.74, 6) is 0.405. The minimum absolute atomic E-state index is 0.150. The molecule has 1 heterocycles. The lowest BCUT2D eigenvalue weighted by Gasteiger charge is -2.35. The minimum atomic E-state index is 0.150. The van der Waals surface area contributed by atoms with Crippen molar-refractivity contribution in [3.05, 3.63) is 71.8 Å². The molecule has 1 saturated heterocycles. The summed E-state index contributed by atoms with van der Waals surface area (Å²) < 4.78 is 0. The molecule has 0 aromatic heterocycles. The lowest BCUT2D eigenvalue weighted by Crippen LogP contribution is -2.52. The van der Waals surface area contributed by atoms with Gasteiger partial charge in [0, 0.05) is 18.4 Å². The van der Waals surface area contributed by atoms with Gasteiger partial charge in [0.05, 0.1) is 0 Å². The van der Waals surface area contributed by atoms with Crippen LogP contribution in [0.1, 0.15) is 23.5 Å². The van der Waals surface area contributed by atoms with E-state index < -0.39 is 0 Å². The van der Waals surface area contributed by atoms with Gasteiger partial charge < -0.3 is 5.32 Å². The first kappa shape index (κ1) is 11.0. The highest BCUT2D eigenvalue weighted by atomic mass is 16.2. The highest BCUT2D eigenvalue weighted by molar-refractivity contribution is 5.83. The maximum Gasteiger partial charge on any atom is 0.222 e. The lowest BCUT2D eigenvalue weighted by atomic mass is 9.80. The van der Waals surface area contributed by atoms with Crippen LogP contribution < -0.4 is 5.32 Å². The van der Waals surface area contributed by atoms with Crippen LogP contribution in [0.15, 0.2) is 60.7 Å². The van der Waals surface area contributed by atoms with E-state index in [1.807, 2.05) is 36.4 Å². The largest absolute Gasteiger partial charge is 0.352 e. The number of hydrogen-bond donors (Lipinski definition) is 1. The van der Waals surface area contributed by atoms with Gasteiger partial charge >= 0.3 is 0 Å². The summed E-state index contributed by atoms with van der Waals surface area (Å²) in [6.07, 6.45) is 0.619. The number of carbonyl (C=O) groups excluding carboxylic acids is 1. The Kier molecular flexibility index (Phi) is 2.85. The first-order valence-corrected chi connectivity index (χ1v) is 6.24. The van der Waals surface area contributed by atoms with Crippen molar-refractivity contribution in [1.29, 1.82) is 0 Å². The number of β-lactam (4-membered cyclic amide) rings is 1. The predicted octanol–water partition coefficient (Wildman–Crippen LogP) is 2.71. The summed E-state index contributed by atoms with van der Waals surface area (Å²) in [7, 11) is 0. The van der Waals surface area contributed by atoms with Crippen LogP contribution >= 0.6 is 0 Å². The first-order chi connectivity index (χ1) is 8.84. The Balaban J connectivity index is 1.97.